The summed E-state index contributed by atoms with van der Waals surface area (Å²) in [5.74, 6) is -0.445. The number of carbonyl (C=O) groups is 2. The van der Waals surface area contributed by atoms with Gasteiger partial charge >= 0.3 is 0 Å². The molecule has 0 aliphatic heterocycles. The Bertz CT molecular complexity index is 1440. The summed E-state index contributed by atoms with van der Waals surface area (Å²) in [5.41, 5.74) is 4.17. The van der Waals surface area contributed by atoms with Crippen LogP contribution in [0, 0.1) is 13.8 Å². The highest BCUT2D eigenvalue weighted by Gasteiger charge is 2.31. The van der Waals surface area contributed by atoms with Gasteiger partial charge in [0.1, 0.15) is 6.04 Å². The van der Waals surface area contributed by atoms with Crippen LogP contribution in [0.1, 0.15) is 48.9 Å². The molecule has 0 heterocycles. The van der Waals surface area contributed by atoms with Gasteiger partial charge in [-0.25, -0.2) is 8.42 Å². The average Bonchev–Trinajstić information content (AvgIpc) is 2.89. The minimum atomic E-state index is -3.63. The number of hydrogen-bond acceptors (Lipinski definition) is 4. The standard InChI is InChI=1S/C32H40ClN3O4S/c1-23(2)34-32(38)30(20-26-12-7-6-8-13-26)35(22-27-14-9-11-24(3)19-27)31(37)15-10-18-36(41(5,39)40)29-21-28(33)17-16-25(29)4/h6-9,11-14,16-17,19,21,23,30H,10,15,18,20,22H2,1-5H3,(H,34,38). The van der Waals surface area contributed by atoms with Gasteiger partial charge in [-0.3, -0.25) is 13.9 Å². The molecule has 0 aliphatic carbocycles. The predicted octanol–water partition coefficient (Wildman–Crippen LogP) is 5.67. The van der Waals surface area contributed by atoms with E-state index in [1.54, 1.807) is 23.1 Å². The molecule has 41 heavy (non-hydrogen) atoms. The molecule has 1 N–H and O–H groups in total. The van der Waals surface area contributed by atoms with Crippen molar-refractivity contribution in [1.29, 1.82) is 0 Å². The van der Waals surface area contributed by atoms with E-state index in [1.807, 2.05) is 82.3 Å². The van der Waals surface area contributed by atoms with E-state index in [2.05, 4.69) is 5.32 Å². The zero-order valence-corrected chi connectivity index (χ0v) is 26.0. The lowest BCUT2D eigenvalue weighted by Gasteiger charge is -2.32. The van der Waals surface area contributed by atoms with Crippen molar-refractivity contribution in [2.45, 2.75) is 65.6 Å². The number of anilines is 1. The molecule has 9 heteroatoms. The molecule has 2 amide bonds. The van der Waals surface area contributed by atoms with Crippen molar-refractivity contribution in [2.75, 3.05) is 17.1 Å². The lowest BCUT2D eigenvalue weighted by molar-refractivity contribution is -0.141. The first-order valence-corrected chi connectivity index (χ1v) is 16.0. The molecule has 0 saturated heterocycles. The Kier molecular flexibility index (Phi) is 11.4. The van der Waals surface area contributed by atoms with Gasteiger partial charge < -0.3 is 10.2 Å². The number of hydrogen-bond donors (Lipinski definition) is 1. The predicted molar refractivity (Wildman–Crippen MR) is 167 cm³/mol. The van der Waals surface area contributed by atoms with Gasteiger partial charge in [0.05, 0.1) is 11.9 Å². The van der Waals surface area contributed by atoms with Crippen LogP contribution in [0.15, 0.2) is 72.8 Å². The van der Waals surface area contributed by atoms with Crippen LogP contribution in [-0.4, -0.2) is 50.0 Å². The number of aryl methyl sites for hydroxylation is 2. The molecule has 1 atom stereocenters. The van der Waals surface area contributed by atoms with E-state index in [0.717, 1.165) is 28.5 Å². The molecular weight excluding hydrogens is 558 g/mol. The van der Waals surface area contributed by atoms with Crippen LogP contribution in [0.3, 0.4) is 0 Å². The molecular formula is C32H40ClN3O4S. The van der Waals surface area contributed by atoms with E-state index in [9.17, 15) is 18.0 Å². The zero-order chi connectivity index (χ0) is 30.2. The molecule has 3 aromatic carbocycles. The van der Waals surface area contributed by atoms with Crippen LogP contribution < -0.4 is 9.62 Å². The van der Waals surface area contributed by atoms with Gasteiger partial charge in [-0.15, -0.1) is 0 Å². The number of sulfonamides is 1. The van der Waals surface area contributed by atoms with Gasteiger partial charge in [-0.1, -0.05) is 77.8 Å². The first kappa shape index (κ1) is 32.2. The quantitative estimate of drug-likeness (QED) is 0.275. The summed E-state index contributed by atoms with van der Waals surface area (Å²) in [6.07, 6.45) is 1.84. The van der Waals surface area contributed by atoms with E-state index >= 15 is 0 Å². The fraction of sp³-hybridized carbons (Fsp3) is 0.375. The summed E-state index contributed by atoms with van der Waals surface area (Å²) < 4.78 is 26.7. The minimum absolute atomic E-state index is 0.0672. The number of amides is 2. The highest BCUT2D eigenvalue weighted by molar-refractivity contribution is 7.92. The van der Waals surface area contributed by atoms with Crippen molar-refractivity contribution in [3.05, 3.63) is 100 Å². The topological polar surface area (TPSA) is 86.8 Å². The summed E-state index contributed by atoms with van der Waals surface area (Å²) in [5, 5.41) is 3.42. The first-order chi connectivity index (χ1) is 19.3. The van der Waals surface area contributed by atoms with E-state index in [-0.39, 0.29) is 43.8 Å². The number of halogens is 1. The summed E-state index contributed by atoms with van der Waals surface area (Å²) in [7, 11) is -3.63. The molecule has 7 nitrogen and oxygen atoms in total. The fourth-order valence-corrected chi connectivity index (χ4v) is 5.96. The first-order valence-electron chi connectivity index (χ1n) is 13.8. The molecule has 0 spiro atoms. The number of carbonyl (C=O) groups excluding carboxylic acids is 2. The summed E-state index contributed by atoms with van der Waals surface area (Å²) in [6.45, 7) is 7.95. The third-order valence-electron chi connectivity index (χ3n) is 6.73. The van der Waals surface area contributed by atoms with Gasteiger partial charge in [0.25, 0.3) is 0 Å². The number of benzene rings is 3. The third-order valence-corrected chi connectivity index (χ3v) is 8.14. The average molecular weight is 598 g/mol. The highest BCUT2D eigenvalue weighted by Crippen LogP contribution is 2.27. The lowest BCUT2D eigenvalue weighted by atomic mass is 10.0. The van der Waals surface area contributed by atoms with Gasteiger partial charge in [-0.05, 0) is 62.9 Å². The molecule has 0 radical (unpaired) electrons. The Hall–Kier alpha value is -3.36. The number of nitrogens with one attached hydrogen (secondary N) is 1. The largest absolute Gasteiger partial charge is 0.352 e. The number of nitrogens with zero attached hydrogens (tertiary/aromatic N) is 2. The van der Waals surface area contributed by atoms with Crippen molar-refractivity contribution in [1.82, 2.24) is 10.2 Å². The van der Waals surface area contributed by atoms with Gasteiger partial charge in [0.2, 0.25) is 21.8 Å². The number of rotatable bonds is 13. The smallest absolute Gasteiger partial charge is 0.243 e. The van der Waals surface area contributed by atoms with Crippen LogP contribution in [0.25, 0.3) is 0 Å². The molecule has 0 bridgehead atoms. The van der Waals surface area contributed by atoms with Gasteiger partial charge in [0, 0.05) is 37.0 Å². The summed E-state index contributed by atoms with van der Waals surface area (Å²) >= 11 is 6.17. The molecule has 3 rings (SSSR count). The second-order valence-electron chi connectivity index (χ2n) is 10.7. The molecule has 0 aromatic heterocycles. The van der Waals surface area contributed by atoms with Crippen LogP contribution in [0.2, 0.25) is 5.02 Å². The summed E-state index contributed by atoms with van der Waals surface area (Å²) in [6, 6.07) is 21.8. The van der Waals surface area contributed by atoms with Crippen LogP contribution in [0.4, 0.5) is 5.69 Å². The third kappa shape index (κ3) is 9.61. The van der Waals surface area contributed by atoms with E-state index in [4.69, 9.17) is 11.6 Å². The van der Waals surface area contributed by atoms with Crippen LogP contribution in [0.5, 0.6) is 0 Å². The normalized spacial score (nSPS) is 12.2. The van der Waals surface area contributed by atoms with Crippen molar-refractivity contribution in [2.24, 2.45) is 0 Å². The maximum absolute atomic E-state index is 13.9. The molecule has 3 aromatic rings. The Balaban J connectivity index is 1.90. The van der Waals surface area contributed by atoms with Crippen LogP contribution >= 0.6 is 11.6 Å². The lowest BCUT2D eigenvalue weighted by Crippen LogP contribution is -2.51. The van der Waals surface area contributed by atoms with Crippen molar-refractivity contribution in [3.8, 4) is 0 Å². The van der Waals surface area contributed by atoms with E-state index in [1.165, 1.54) is 4.31 Å². The minimum Gasteiger partial charge on any atom is -0.352 e. The Morgan fingerprint density at radius 1 is 0.927 bits per heavy atom. The Morgan fingerprint density at radius 3 is 2.24 bits per heavy atom. The second kappa shape index (κ2) is 14.5. The fourth-order valence-electron chi connectivity index (χ4n) is 4.78. The molecule has 220 valence electrons. The van der Waals surface area contributed by atoms with E-state index in [0.29, 0.717) is 17.1 Å². The molecule has 0 saturated carbocycles. The molecule has 0 aliphatic rings. The van der Waals surface area contributed by atoms with Crippen molar-refractivity contribution >= 4 is 39.1 Å². The van der Waals surface area contributed by atoms with E-state index < -0.39 is 16.1 Å². The van der Waals surface area contributed by atoms with Gasteiger partial charge in [-0.2, -0.15) is 0 Å². The Labute approximate surface area is 249 Å². The summed E-state index contributed by atoms with van der Waals surface area (Å²) in [4.78, 5) is 29.1. The molecule has 1 unspecified atom stereocenters. The maximum atomic E-state index is 13.9. The second-order valence-corrected chi connectivity index (χ2v) is 13.1. The monoisotopic (exact) mass is 597 g/mol. The Morgan fingerprint density at radius 2 is 1.61 bits per heavy atom. The zero-order valence-electron chi connectivity index (χ0n) is 24.4. The SMILES string of the molecule is Cc1cccc(CN(C(=O)CCCN(c2cc(Cl)ccc2C)S(C)(=O)=O)C(Cc2ccccc2)C(=O)NC(C)C)c1. The van der Waals surface area contributed by atoms with Crippen molar-refractivity contribution < 1.29 is 18.0 Å². The molecule has 0 fully saturated rings. The van der Waals surface area contributed by atoms with Crippen molar-refractivity contribution in [3.63, 3.8) is 0 Å². The van der Waals surface area contributed by atoms with Crippen LogP contribution in [-0.2, 0) is 32.6 Å². The van der Waals surface area contributed by atoms with Gasteiger partial charge in [0.15, 0.2) is 0 Å². The highest BCUT2D eigenvalue weighted by atomic mass is 35.5. The maximum Gasteiger partial charge on any atom is 0.243 e.